The monoisotopic (exact) mass is 173 g/mol. The Bertz CT molecular complexity index is 374. The summed E-state index contributed by atoms with van der Waals surface area (Å²) in [4.78, 5) is 0. The number of benzene rings is 1. The third-order valence-electron chi connectivity index (χ3n) is 1.77. The van der Waals surface area contributed by atoms with E-state index in [1.807, 2.05) is 6.07 Å². The number of nitriles is 1. The van der Waals surface area contributed by atoms with Crippen LogP contribution in [0.4, 0.5) is 11.4 Å². The number of allylic oxidation sites excluding steroid dienone is 1. The highest BCUT2D eigenvalue weighted by molar-refractivity contribution is 5.84. The Morgan fingerprint density at radius 3 is 2.85 bits per heavy atom. The average Bonchev–Trinajstić information content (AvgIpc) is 2.16. The Balaban J connectivity index is 3.23. The van der Waals surface area contributed by atoms with Gasteiger partial charge in [-0.05, 0) is 18.2 Å². The molecule has 3 heteroatoms. The molecule has 66 valence electrons. The van der Waals surface area contributed by atoms with E-state index in [2.05, 4.69) is 11.9 Å². The second-order valence-corrected chi connectivity index (χ2v) is 2.65. The van der Waals surface area contributed by atoms with Crippen molar-refractivity contribution in [3.8, 4) is 6.07 Å². The molecule has 13 heavy (non-hydrogen) atoms. The van der Waals surface area contributed by atoms with Crippen molar-refractivity contribution in [2.24, 2.45) is 0 Å². The molecule has 0 bridgehead atoms. The van der Waals surface area contributed by atoms with Gasteiger partial charge in [0.15, 0.2) is 0 Å². The molecular weight excluding hydrogens is 162 g/mol. The molecule has 1 aromatic carbocycles. The van der Waals surface area contributed by atoms with Gasteiger partial charge in [-0.3, -0.25) is 0 Å². The van der Waals surface area contributed by atoms with Crippen LogP contribution in [0, 0.1) is 11.3 Å². The molecule has 0 aromatic heterocycles. The van der Waals surface area contributed by atoms with Crippen LogP contribution in [0.3, 0.4) is 0 Å². The number of hydrogen-bond acceptors (Lipinski definition) is 3. The third kappa shape index (κ3) is 1.79. The molecule has 0 amide bonds. The SMILES string of the molecule is C=C(C#N)c1ccc(N)cc1NC. The van der Waals surface area contributed by atoms with E-state index in [-0.39, 0.29) is 0 Å². The lowest BCUT2D eigenvalue weighted by atomic mass is 10.1. The minimum Gasteiger partial charge on any atom is -0.399 e. The molecule has 0 radical (unpaired) electrons. The summed E-state index contributed by atoms with van der Waals surface area (Å²) >= 11 is 0. The third-order valence-corrected chi connectivity index (χ3v) is 1.77. The molecule has 0 aliphatic rings. The molecular formula is C10H11N3. The topological polar surface area (TPSA) is 61.8 Å². The fourth-order valence-electron chi connectivity index (χ4n) is 1.09. The molecule has 0 unspecified atom stereocenters. The van der Waals surface area contributed by atoms with Gasteiger partial charge >= 0.3 is 0 Å². The second-order valence-electron chi connectivity index (χ2n) is 2.65. The van der Waals surface area contributed by atoms with E-state index in [0.29, 0.717) is 11.3 Å². The lowest BCUT2D eigenvalue weighted by molar-refractivity contribution is 1.47. The predicted octanol–water partition coefficient (Wildman–Crippen LogP) is 1.85. The van der Waals surface area contributed by atoms with E-state index in [1.165, 1.54) is 0 Å². The number of nitrogens with one attached hydrogen (secondary N) is 1. The van der Waals surface area contributed by atoms with Crippen molar-refractivity contribution in [1.29, 1.82) is 5.26 Å². The maximum Gasteiger partial charge on any atom is 0.0992 e. The van der Waals surface area contributed by atoms with Crippen LogP contribution in [0.2, 0.25) is 0 Å². The first-order chi connectivity index (χ1) is 6.19. The van der Waals surface area contributed by atoms with Crippen molar-refractivity contribution in [2.75, 3.05) is 18.1 Å². The Labute approximate surface area is 77.5 Å². The summed E-state index contributed by atoms with van der Waals surface area (Å²) < 4.78 is 0. The van der Waals surface area contributed by atoms with Gasteiger partial charge in [0, 0.05) is 24.0 Å². The van der Waals surface area contributed by atoms with Gasteiger partial charge < -0.3 is 11.1 Å². The molecule has 1 aromatic rings. The van der Waals surface area contributed by atoms with Gasteiger partial charge in [-0.15, -0.1) is 0 Å². The number of nitrogens with zero attached hydrogens (tertiary/aromatic N) is 1. The molecule has 0 saturated carbocycles. The second kappa shape index (κ2) is 3.63. The zero-order chi connectivity index (χ0) is 9.84. The van der Waals surface area contributed by atoms with E-state index in [1.54, 1.807) is 25.2 Å². The Kier molecular flexibility index (Phi) is 2.56. The van der Waals surface area contributed by atoms with Crippen LogP contribution in [0.25, 0.3) is 5.57 Å². The van der Waals surface area contributed by atoms with Crippen molar-refractivity contribution in [2.45, 2.75) is 0 Å². The molecule has 0 atom stereocenters. The van der Waals surface area contributed by atoms with Gasteiger partial charge in [0.2, 0.25) is 0 Å². The standard InChI is InChI=1S/C10H11N3/c1-7(6-11)9-4-3-8(12)5-10(9)13-2/h3-5,13H,1,12H2,2H3. The number of rotatable bonds is 2. The van der Waals surface area contributed by atoms with Crippen molar-refractivity contribution in [1.82, 2.24) is 0 Å². The molecule has 0 spiro atoms. The minimum atomic E-state index is 0.435. The van der Waals surface area contributed by atoms with Crippen molar-refractivity contribution >= 4 is 16.9 Å². The van der Waals surface area contributed by atoms with E-state index < -0.39 is 0 Å². The highest BCUT2D eigenvalue weighted by Crippen LogP contribution is 2.24. The summed E-state index contributed by atoms with van der Waals surface area (Å²) in [7, 11) is 1.78. The lowest BCUT2D eigenvalue weighted by Gasteiger charge is -2.07. The largest absolute Gasteiger partial charge is 0.399 e. The van der Waals surface area contributed by atoms with Gasteiger partial charge in [-0.25, -0.2) is 0 Å². The molecule has 0 aliphatic heterocycles. The minimum absolute atomic E-state index is 0.435. The van der Waals surface area contributed by atoms with Gasteiger partial charge in [0.25, 0.3) is 0 Å². The van der Waals surface area contributed by atoms with Crippen LogP contribution >= 0.6 is 0 Å². The fourth-order valence-corrected chi connectivity index (χ4v) is 1.09. The summed E-state index contributed by atoms with van der Waals surface area (Å²) in [6.45, 7) is 3.64. The van der Waals surface area contributed by atoms with Gasteiger partial charge in [0.05, 0.1) is 11.6 Å². The van der Waals surface area contributed by atoms with Crippen molar-refractivity contribution in [3.05, 3.63) is 30.3 Å². The summed E-state index contributed by atoms with van der Waals surface area (Å²) in [6.07, 6.45) is 0. The molecule has 0 aliphatic carbocycles. The summed E-state index contributed by atoms with van der Waals surface area (Å²) in [6, 6.07) is 7.31. The van der Waals surface area contributed by atoms with Gasteiger partial charge in [0.1, 0.15) is 0 Å². The molecule has 3 N–H and O–H groups in total. The number of nitrogens with two attached hydrogens (primary N) is 1. The maximum atomic E-state index is 8.67. The molecule has 0 saturated heterocycles. The zero-order valence-electron chi connectivity index (χ0n) is 7.46. The van der Waals surface area contributed by atoms with Gasteiger partial charge in [-0.2, -0.15) is 5.26 Å². The predicted molar refractivity (Wildman–Crippen MR) is 55.0 cm³/mol. The molecule has 3 nitrogen and oxygen atoms in total. The maximum absolute atomic E-state index is 8.67. The Hall–Kier alpha value is -1.95. The first-order valence-electron chi connectivity index (χ1n) is 3.85. The summed E-state index contributed by atoms with van der Waals surface area (Å²) in [5.74, 6) is 0. The van der Waals surface area contributed by atoms with E-state index in [0.717, 1.165) is 11.3 Å². The highest BCUT2D eigenvalue weighted by Gasteiger charge is 2.03. The van der Waals surface area contributed by atoms with Crippen LogP contribution < -0.4 is 11.1 Å². The van der Waals surface area contributed by atoms with Crippen LogP contribution in [0.1, 0.15) is 5.56 Å². The van der Waals surface area contributed by atoms with Crippen molar-refractivity contribution in [3.63, 3.8) is 0 Å². The molecule has 1 rings (SSSR count). The van der Waals surface area contributed by atoms with Crippen LogP contribution in [-0.4, -0.2) is 7.05 Å². The highest BCUT2D eigenvalue weighted by atomic mass is 14.8. The fraction of sp³-hybridized carbons (Fsp3) is 0.100. The number of nitrogen functional groups attached to an aromatic ring is 1. The van der Waals surface area contributed by atoms with Crippen LogP contribution in [0.15, 0.2) is 24.8 Å². The van der Waals surface area contributed by atoms with E-state index in [9.17, 15) is 0 Å². The number of anilines is 2. The molecule has 0 heterocycles. The Morgan fingerprint density at radius 1 is 1.62 bits per heavy atom. The Morgan fingerprint density at radius 2 is 2.31 bits per heavy atom. The lowest BCUT2D eigenvalue weighted by Crippen LogP contribution is -1.95. The zero-order valence-corrected chi connectivity index (χ0v) is 7.46. The summed E-state index contributed by atoms with van der Waals surface area (Å²) in [5, 5.41) is 11.6. The van der Waals surface area contributed by atoms with E-state index >= 15 is 0 Å². The van der Waals surface area contributed by atoms with E-state index in [4.69, 9.17) is 11.0 Å². The summed E-state index contributed by atoms with van der Waals surface area (Å²) in [5.41, 5.74) is 8.31. The average molecular weight is 173 g/mol. The first-order valence-corrected chi connectivity index (χ1v) is 3.85. The molecule has 0 fully saturated rings. The van der Waals surface area contributed by atoms with Gasteiger partial charge in [-0.1, -0.05) is 6.58 Å². The van der Waals surface area contributed by atoms with Crippen LogP contribution in [-0.2, 0) is 0 Å². The number of hydrogen-bond donors (Lipinski definition) is 2. The first kappa shape index (κ1) is 9.14. The quantitative estimate of drug-likeness (QED) is 0.530. The van der Waals surface area contributed by atoms with Crippen molar-refractivity contribution < 1.29 is 0 Å². The van der Waals surface area contributed by atoms with Crippen LogP contribution in [0.5, 0.6) is 0 Å². The smallest absolute Gasteiger partial charge is 0.0992 e. The normalized spacial score (nSPS) is 8.92.